The van der Waals surface area contributed by atoms with E-state index < -0.39 is 0 Å². The molecule has 6 heteroatoms. The molecule has 2 aliphatic rings. The molecule has 3 amide bonds. The fourth-order valence-corrected chi connectivity index (χ4v) is 3.39. The van der Waals surface area contributed by atoms with Gasteiger partial charge in [-0.15, -0.1) is 0 Å². The summed E-state index contributed by atoms with van der Waals surface area (Å²) >= 11 is 6.30. The van der Waals surface area contributed by atoms with Crippen molar-refractivity contribution in [2.45, 2.75) is 44.7 Å². The highest BCUT2D eigenvalue weighted by molar-refractivity contribution is 6.36. The van der Waals surface area contributed by atoms with Crippen LogP contribution in [0, 0.1) is 0 Å². The van der Waals surface area contributed by atoms with Crippen LogP contribution in [0.25, 0.3) is 0 Å². The highest BCUT2D eigenvalue weighted by Crippen LogP contribution is 2.34. The molecule has 124 valence electrons. The highest BCUT2D eigenvalue weighted by atomic mass is 35.5. The van der Waals surface area contributed by atoms with Crippen molar-refractivity contribution in [2.75, 3.05) is 17.5 Å². The molecule has 1 aliphatic carbocycles. The van der Waals surface area contributed by atoms with Crippen molar-refractivity contribution in [3.05, 3.63) is 30.3 Å². The third-order valence-corrected chi connectivity index (χ3v) is 4.95. The van der Waals surface area contributed by atoms with Crippen molar-refractivity contribution in [3.8, 4) is 0 Å². The number of piperidine rings is 1. The minimum Gasteiger partial charge on any atom is -0.343 e. The zero-order valence-corrected chi connectivity index (χ0v) is 14.1. The molecule has 1 heterocycles. The van der Waals surface area contributed by atoms with Gasteiger partial charge in [0.15, 0.2) is 0 Å². The van der Waals surface area contributed by atoms with Crippen molar-refractivity contribution in [3.63, 3.8) is 0 Å². The van der Waals surface area contributed by atoms with Crippen molar-refractivity contribution >= 4 is 29.4 Å². The van der Waals surface area contributed by atoms with E-state index in [0.717, 1.165) is 25.7 Å². The van der Waals surface area contributed by atoms with E-state index in [4.69, 9.17) is 11.8 Å². The van der Waals surface area contributed by atoms with Gasteiger partial charge in [0.25, 0.3) is 0 Å². The molecule has 1 aromatic carbocycles. The van der Waals surface area contributed by atoms with E-state index in [0.29, 0.717) is 24.8 Å². The van der Waals surface area contributed by atoms with E-state index in [1.165, 1.54) is 4.42 Å². The molecule has 23 heavy (non-hydrogen) atoms. The molecule has 1 aromatic rings. The number of nitrogens with zero attached hydrogens (tertiary/aromatic N) is 3. The maximum Gasteiger partial charge on any atom is 0.339 e. The molecular weight excluding hydrogens is 314 g/mol. The van der Waals surface area contributed by atoms with Crippen LogP contribution in [0.5, 0.6) is 0 Å². The normalized spacial score (nSPS) is 18.6. The standard InChI is InChI=1S/C17H22ClN3O2/c1-13(22)19-11-9-15(10-12-19)20(14-7-8-14)17(23)21(18)16-5-3-2-4-6-16/h2-6,14-15H,7-12H2,1H3. The van der Waals surface area contributed by atoms with Gasteiger partial charge in [0.2, 0.25) is 5.91 Å². The molecule has 0 radical (unpaired) electrons. The Morgan fingerprint density at radius 2 is 1.61 bits per heavy atom. The molecule has 0 atom stereocenters. The van der Waals surface area contributed by atoms with Crippen LogP contribution >= 0.6 is 11.8 Å². The van der Waals surface area contributed by atoms with Gasteiger partial charge in [-0.1, -0.05) is 18.2 Å². The number of rotatable bonds is 3. The van der Waals surface area contributed by atoms with E-state index >= 15 is 0 Å². The average Bonchev–Trinajstić information content (AvgIpc) is 3.40. The van der Waals surface area contributed by atoms with Crippen LogP contribution in [0.4, 0.5) is 10.5 Å². The lowest BCUT2D eigenvalue weighted by Crippen LogP contribution is -2.51. The van der Waals surface area contributed by atoms with Crippen LogP contribution in [0.2, 0.25) is 0 Å². The first kappa shape index (κ1) is 16.1. The van der Waals surface area contributed by atoms with E-state index in [1.807, 2.05) is 40.1 Å². The largest absolute Gasteiger partial charge is 0.343 e. The Hall–Kier alpha value is -1.75. The van der Waals surface area contributed by atoms with Crippen LogP contribution in [0.3, 0.4) is 0 Å². The maximum atomic E-state index is 12.9. The van der Waals surface area contributed by atoms with Gasteiger partial charge in [0.1, 0.15) is 0 Å². The molecule has 1 saturated carbocycles. The quantitative estimate of drug-likeness (QED) is 0.796. The Labute approximate surface area is 141 Å². The van der Waals surface area contributed by atoms with Crippen LogP contribution in [0.1, 0.15) is 32.6 Å². The van der Waals surface area contributed by atoms with Gasteiger partial charge in [0.05, 0.1) is 5.69 Å². The minimum atomic E-state index is -0.151. The van der Waals surface area contributed by atoms with Crippen molar-refractivity contribution < 1.29 is 9.59 Å². The zero-order chi connectivity index (χ0) is 16.4. The fraction of sp³-hybridized carbons (Fsp3) is 0.529. The number of likely N-dealkylation sites (tertiary alicyclic amines) is 1. The summed E-state index contributed by atoms with van der Waals surface area (Å²) in [6, 6.07) is 9.59. The van der Waals surface area contributed by atoms with Gasteiger partial charge in [-0.2, -0.15) is 0 Å². The second kappa shape index (κ2) is 6.79. The van der Waals surface area contributed by atoms with Crippen LogP contribution < -0.4 is 4.42 Å². The number of anilines is 1. The third-order valence-electron chi connectivity index (χ3n) is 4.62. The summed E-state index contributed by atoms with van der Waals surface area (Å²) in [5, 5.41) is 0. The van der Waals surface area contributed by atoms with Crippen molar-refractivity contribution in [1.29, 1.82) is 0 Å². The summed E-state index contributed by atoms with van der Waals surface area (Å²) in [7, 11) is 0. The summed E-state index contributed by atoms with van der Waals surface area (Å²) in [6.07, 6.45) is 3.72. The maximum absolute atomic E-state index is 12.9. The molecule has 0 N–H and O–H groups in total. The van der Waals surface area contributed by atoms with E-state index in [9.17, 15) is 9.59 Å². The van der Waals surface area contributed by atoms with Crippen molar-refractivity contribution in [1.82, 2.24) is 9.80 Å². The van der Waals surface area contributed by atoms with E-state index in [1.54, 1.807) is 6.92 Å². The Morgan fingerprint density at radius 1 is 1.04 bits per heavy atom. The number of para-hydroxylation sites is 1. The van der Waals surface area contributed by atoms with Crippen LogP contribution in [-0.2, 0) is 4.79 Å². The first-order valence-electron chi connectivity index (χ1n) is 8.16. The van der Waals surface area contributed by atoms with Gasteiger partial charge in [0, 0.05) is 43.9 Å². The molecule has 1 saturated heterocycles. The second-order valence-electron chi connectivity index (χ2n) is 6.27. The SMILES string of the molecule is CC(=O)N1CCC(N(C(=O)N(Cl)c2ccccc2)C2CC2)CC1. The monoisotopic (exact) mass is 335 g/mol. The number of halogens is 1. The number of carbonyl (C=O) groups is 2. The average molecular weight is 336 g/mol. The van der Waals surface area contributed by atoms with Gasteiger partial charge in [-0.3, -0.25) is 4.79 Å². The van der Waals surface area contributed by atoms with Gasteiger partial charge >= 0.3 is 6.03 Å². The molecule has 5 nitrogen and oxygen atoms in total. The van der Waals surface area contributed by atoms with Crippen LogP contribution in [0.15, 0.2) is 30.3 Å². The molecule has 0 bridgehead atoms. The summed E-state index contributed by atoms with van der Waals surface area (Å²) in [4.78, 5) is 28.1. The molecule has 0 spiro atoms. The minimum absolute atomic E-state index is 0.107. The van der Waals surface area contributed by atoms with Gasteiger partial charge in [-0.05, 0) is 37.8 Å². The Kier molecular flexibility index (Phi) is 4.76. The topological polar surface area (TPSA) is 43.9 Å². The highest BCUT2D eigenvalue weighted by Gasteiger charge is 2.40. The molecular formula is C17H22ClN3O2. The lowest BCUT2D eigenvalue weighted by molar-refractivity contribution is -0.130. The number of urea groups is 1. The molecule has 2 fully saturated rings. The number of carbonyl (C=O) groups excluding carboxylic acids is 2. The number of hydrogen-bond acceptors (Lipinski definition) is 2. The first-order chi connectivity index (χ1) is 11.1. The van der Waals surface area contributed by atoms with Crippen molar-refractivity contribution in [2.24, 2.45) is 0 Å². The van der Waals surface area contributed by atoms with Gasteiger partial charge in [-0.25, -0.2) is 9.21 Å². The molecule has 0 aromatic heterocycles. The Morgan fingerprint density at radius 3 is 2.13 bits per heavy atom. The van der Waals surface area contributed by atoms with Gasteiger partial charge < -0.3 is 9.80 Å². The predicted molar refractivity (Wildman–Crippen MR) is 90.3 cm³/mol. The number of hydrogen-bond donors (Lipinski definition) is 0. The number of amides is 3. The fourth-order valence-electron chi connectivity index (χ4n) is 3.19. The second-order valence-corrected chi connectivity index (χ2v) is 6.61. The Balaban J connectivity index is 1.70. The first-order valence-corrected chi connectivity index (χ1v) is 8.50. The van der Waals surface area contributed by atoms with E-state index in [2.05, 4.69) is 0 Å². The summed E-state index contributed by atoms with van der Waals surface area (Å²) in [5.41, 5.74) is 0.686. The summed E-state index contributed by atoms with van der Waals surface area (Å²) in [5.74, 6) is 0.107. The lowest BCUT2D eigenvalue weighted by Gasteiger charge is -2.39. The summed E-state index contributed by atoms with van der Waals surface area (Å²) in [6.45, 7) is 3.02. The number of benzene rings is 1. The molecule has 0 unspecified atom stereocenters. The Bertz CT molecular complexity index is 568. The molecule has 1 aliphatic heterocycles. The predicted octanol–water partition coefficient (Wildman–Crippen LogP) is 3.24. The third kappa shape index (κ3) is 3.61. The smallest absolute Gasteiger partial charge is 0.339 e. The van der Waals surface area contributed by atoms with Crippen LogP contribution in [-0.4, -0.2) is 46.9 Å². The van der Waals surface area contributed by atoms with E-state index in [-0.39, 0.29) is 18.0 Å². The molecule has 3 rings (SSSR count). The zero-order valence-electron chi connectivity index (χ0n) is 13.3. The summed E-state index contributed by atoms with van der Waals surface area (Å²) < 4.78 is 1.22. The lowest BCUT2D eigenvalue weighted by atomic mass is 10.0.